The molecule has 2 rings (SSSR count). The molecule has 0 bridgehead atoms. The van der Waals surface area contributed by atoms with Gasteiger partial charge < -0.3 is 10.6 Å². The number of rotatable bonds is 6. The maximum Gasteiger partial charge on any atom is 0.319 e. The topological polar surface area (TPSA) is 82.6 Å². The van der Waals surface area contributed by atoms with Crippen LogP contribution < -0.4 is 16.1 Å². The zero-order chi connectivity index (χ0) is 18.9. The van der Waals surface area contributed by atoms with Crippen molar-refractivity contribution in [2.75, 3.05) is 11.9 Å². The number of hydrazone groups is 1. The number of benzene rings is 2. The van der Waals surface area contributed by atoms with Gasteiger partial charge in [0.1, 0.15) is 0 Å². The zero-order valence-electron chi connectivity index (χ0n) is 13.6. The summed E-state index contributed by atoms with van der Waals surface area (Å²) < 4.78 is 0. The van der Waals surface area contributed by atoms with Crippen LogP contribution in [0, 0.1) is 0 Å². The van der Waals surface area contributed by atoms with Crippen LogP contribution in [0.2, 0.25) is 10.0 Å². The van der Waals surface area contributed by atoms with Crippen LogP contribution in [-0.2, 0) is 0 Å². The Kier molecular flexibility index (Phi) is 7.20. The molecule has 0 aliphatic carbocycles. The molecule has 0 atom stereocenters. The van der Waals surface area contributed by atoms with Gasteiger partial charge in [-0.25, -0.2) is 10.2 Å². The van der Waals surface area contributed by atoms with Crippen molar-refractivity contribution in [1.82, 2.24) is 10.7 Å². The van der Waals surface area contributed by atoms with Gasteiger partial charge in [0.15, 0.2) is 0 Å². The molecule has 0 radical (unpaired) electrons. The monoisotopic (exact) mass is 390 g/mol. The molecule has 0 aliphatic rings. The van der Waals surface area contributed by atoms with Crippen molar-refractivity contribution in [1.29, 1.82) is 0 Å². The van der Waals surface area contributed by atoms with E-state index in [2.05, 4.69) is 27.7 Å². The van der Waals surface area contributed by atoms with Crippen LogP contribution in [0.1, 0.15) is 15.9 Å². The van der Waals surface area contributed by atoms with Crippen LogP contribution >= 0.6 is 23.2 Å². The van der Waals surface area contributed by atoms with Crippen molar-refractivity contribution < 1.29 is 9.59 Å². The molecule has 0 aromatic heterocycles. The highest BCUT2D eigenvalue weighted by molar-refractivity contribution is 6.42. The van der Waals surface area contributed by atoms with Gasteiger partial charge in [-0.2, -0.15) is 5.10 Å². The molecule has 0 fully saturated rings. The first-order chi connectivity index (χ1) is 12.5. The lowest BCUT2D eigenvalue weighted by Crippen LogP contribution is -2.28. The SMILES string of the molecule is C=CCNC(=O)Nc1ccc(C(=O)NN=Cc2ccc(Cl)c(Cl)c2)cc1. The third kappa shape index (κ3) is 5.91. The quantitative estimate of drug-likeness (QED) is 0.394. The third-order valence-corrected chi connectivity index (χ3v) is 3.87. The van der Waals surface area contributed by atoms with E-state index >= 15 is 0 Å². The number of hydrogen-bond acceptors (Lipinski definition) is 3. The summed E-state index contributed by atoms with van der Waals surface area (Å²) in [5.41, 5.74) is 4.07. The predicted molar refractivity (Wildman–Crippen MR) is 105 cm³/mol. The summed E-state index contributed by atoms with van der Waals surface area (Å²) in [6.45, 7) is 3.88. The average molecular weight is 391 g/mol. The van der Waals surface area contributed by atoms with E-state index < -0.39 is 0 Å². The lowest BCUT2D eigenvalue weighted by molar-refractivity contribution is 0.0955. The molecule has 2 aromatic carbocycles. The maximum absolute atomic E-state index is 12.0. The van der Waals surface area contributed by atoms with Gasteiger partial charge in [-0.15, -0.1) is 6.58 Å². The molecule has 3 N–H and O–H groups in total. The molecule has 0 spiro atoms. The first-order valence-corrected chi connectivity index (χ1v) is 8.29. The predicted octanol–water partition coefficient (Wildman–Crippen LogP) is 4.06. The van der Waals surface area contributed by atoms with Crippen molar-refractivity contribution in [2.45, 2.75) is 0 Å². The molecule has 0 saturated heterocycles. The minimum atomic E-state index is -0.385. The fourth-order valence-electron chi connectivity index (χ4n) is 1.87. The number of hydrogen-bond donors (Lipinski definition) is 3. The molecule has 6 nitrogen and oxygen atoms in total. The minimum Gasteiger partial charge on any atom is -0.334 e. The van der Waals surface area contributed by atoms with E-state index in [1.165, 1.54) is 6.21 Å². The molecule has 134 valence electrons. The fourth-order valence-corrected chi connectivity index (χ4v) is 2.17. The highest BCUT2D eigenvalue weighted by atomic mass is 35.5. The summed E-state index contributed by atoms with van der Waals surface area (Å²) in [4.78, 5) is 23.6. The van der Waals surface area contributed by atoms with Crippen LogP contribution in [0.15, 0.2) is 60.2 Å². The summed E-state index contributed by atoms with van der Waals surface area (Å²) in [6.07, 6.45) is 3.03. The summed E-state index contributed by atoms with van der Waals surface area (Å²) in [5, 5.41) is 9.95. The lowest BCUT2D eigenvalue weighted by atomic mass is 10.2. The number of nitrogens with zero attached hydrogens (tertiary/aromatic N) is 1. The molecule has 26 heavy (non-hydrogen) atoms. The van der Waals surface area contributed by atoms with Gasteiger partial charge in [0.2, 0.25) is 0 Å². The van der Waals surface area contributed by atoms with Crippen LogP contribution in [0.4, 0.5) is 10.5 Å². The van der Waals surface area contributed by atoms with Crippen LogP contribution in [0.3, 0.4) is 0 Å². The Morgan fingerprint density at radius 3 is 2.46 bits per heavy atom. The first kappa shape index (κ1) is 19.5. The Morgan fingerprint density at radius 1 is 1.08 bits per heavy atom. The van der Waals surface area contributed by atoms with E-state index in [1.54, 1.807) is 48.5 Å². The lowest BCUT2D eigenvalue weighted by Gasteiger charge is -2.06. The molecular formula is C18H16Cl2N4O2. The maximum atomic E-state index is 12.0. The first-order valence-electron chi connectivity index (χ1n) is 7.54. The van der Waals surface area contributed by atoms with Gasteiger partial charge >= 0.3 is 6.03 Å². The van der Waals surface area contributed by atoms with Gasteiger partial charge in [-0.1, -0.05) is 35.3 Å². The third-order valence-electron chi connectivity index (χ3n) is 3.14. The summed E-state index contributed by atoms with van der Waals surface area (Å²) >= 11 is 11.7. The van der Waals surface area contributed by atoms with E-state index in [-0.39, 0.29) is 11.9 Å². The van der Waals surface area contributed by atoms with Gasteiger partial charge in [0, 0.05) is 17.8 Å². The Bertz CT molecular complexity index is 836. The van der Waals surface area contributed by atoms with Crippen molar-refractivity contribution >= 4 is 47.0 Å². The van der Waals surface area contributed by atoms with E-state index in [0.717, 1.165) is 0 Å². The van der Waals surface area contributed by atoms with Crippen LogP contribution in [-0.4, -0.2) is 24.7 Å². The standard InChI is InChI=1S/C18H16Cl2N4O2/c1-2-9-21-18(26)23-14-6-4-13(5-7-14)17(25)24-22-11-12-3-8-15(19)16(20)10-12/h2-8,10-11H,1,9H2,(H,24,25)(H2,21,23,26). The second-order valence-electron chi connectivity index (χ2n) is 5.07. The average Bonchev–Trinajstić information content (AvgIpc) is 2.63. The number of nitrogens with one attached hydrogen (secondary N) is 3. The molecule has 0 aliphatic heterocycles. The number of halogens is 2. The Hall–Kier alpha value is -2.83. The summed E-state index contributed by atoms with van der Waals surface area (Å²) in [5.74, 6) is -0.385. The smallest absolute Gasteiger partial charge is 0.319 e. The second kappa shape index (κ2) is 9.60. The highest BCUT2D eigenvalue weighted by Crippen LogP contribution is 2.21. The number of anilines is 1. The van der Waals surface area contributed by atoms with Crippen molar-refractivity contribution in [3.63, 3.8) is 0 Å². The summed E-state index contributed by atoms with van der Waals surface area (Å²) in [6, 6.07) is 11.0. The van der Waals surface area contributed by atoms with Gasteiger partial charge in [0.25, 0.3) is 5.91 Å². The van der Waals surface area contributed by atoms with E-state index in [9.17, 15) is 9.59 Å². The van der Waals surface area contributed by atoms with Gasteiger partial charge in [-0.3, -0.25) is 4.79 Å². The molecular weight excluding hydrogens is 375 g/mol. The molecule has 0 saturated carbocycles. The second-order valence-corrected chi connectivity index (χ2v) is 5.89. The van der Waals surface area contributed by atoms with Gasteiger partial charge in [0.05, 0.1) is 16.3 Å². The highest BCUT2D eigenvalue weighted by Gasteiger charge is 2.05. The van der Waals surface area contributed by atoms with Gasteiger partial charge in [-0.05, 0) is 42.0 Å². The number of amides is 3. The molecule has 2 aromatic rings. The van der Waals surface area contributed by atoms with E-state index in [0.29, 0.717) is 33.4 Å². The normalized spacial score (nSPS) is 10.4. The Labute approximate surface area is 160 Å². The largest absolute Gasteiger partial charge is 0.334 e. The Balaban J connectivity index is 1.90. The molecule has 8 heteroatoms. The van der Waals surface area contributed by atoms with Crippen molar-refractivity contribution in [3.05, 3.63) is 76.3 Å². The molecule has 3 amide bonds. The van der Waals surface area contributed by atoms with Crippen LogP contribution in [0.5, 0.6) is 0 Å². The van der Waals surface area contributed by atoms with Crippen LogP contribution in [0.25, 0.3) is 0 Å². The zero-order valence-corrected chi connectivity index (χ0v) is 15.1. The van der Waals surface area contributed by atoms with Crippen molar-refractivity contribution in [2.24, 2.45) is 5.10 Å². The molecule has 0 heterocycles. The number of carbonyl (C=O) groups is 2. The number of carbonyl (C=O) groups excluding carboxylic acids is 2. The molecule has 0 unspecified atom stereocenters. The minimum absolute atomic E-state index is 0.353. The summed E-state index contributed by atoms with van der Waals surface area (Å²) in [7, 11) is 0. The van der Waals surface area contributed by atoms with E-state index in [1.807, 2.05) is 0 Å². The number of urea groups is 1. The Morgan fingerprint density at radius 2 is 1.81 bits per heavy atom. The fraction of sp³-hybridized carbons (Fsp3) is 0.0556. The van der Waals surface area contributed by atoms with E-state index in [4.69, 9.17) is 23.2 Å². The van der Waals surface area contributed by atoms with Crippen molar-refractivity contribution in [3.8, 4) is 0 Å².